The van der Waals surface area contributed by atoms with Crippen LogP contribution in [0.3, 0.4) is 0 Å². The monoisotopic (exact) mass is 429 g/mol. The molecule has 2 fully saturated rings. The number of esters is 1. The number of nitrogens with zero attached hydrogens (tertiary/aromatic N) is 2. The smallest absolute Gasteiger partial charge is 0.324 e. The van der Waals surface area contributed by atoms with Gasteiger partial charge in [-0.25, -0.2) is 0 Å². The van der Waals surface area contributed by atoms with Crippen LogP contribution in [0.25, 0.3) is 0 Å². The van der Waals surface area contributed by atoms with E-state index in [1.165, 1.54) is 31.1 Å². The van der Waals surface area contributed by atoms with Crippen molar-refractivity contribution in [3.63, 3.8) is 0 Å². The van der Waals surface area contributed by atoms with Crippen molar-refractivity contribution in [1.29, 1.82) is 0 Å². The standard InChI is InChI=1S/C28H33N2O2/c1-18(31)32-20-12-14-27(2)19(16-20)8-9-21-22-10-11-26(28(22,3)15-13-23(21)27)30-17-29-24-6-4-5-7-25(24)30/h4-8,11,20-23H,9-10,12-16H2,1-3H3/q+1. The highest BCUT2D eigenvalue weighted by Crippen LogP contribution is 2.65. The summed E-state index contributed by atoms with van der Waals surface area (Å²) in [6, 6.07) is 11.7. The number of para-hydroxylation sites is 2. The molecule has 0 radical (unpaired) electrons. The van der Waals surface area contributed by atoms with E-state index in [0.717, 1.165) is 49.6 Å². The van der Waals surface area contributed by atoms with Crippen molar-refractivity contribution in [3.05, 3.63) is 47.7 Å². The quantitative estimate of drug-likeness (QED) is 0.304. The van der Waals surface area contributed by atoms with Crippen molar-refractivity contribution >= 4 is 23.4 Å². The molecule has 0 spiro atoms. The molecule has 2 saturated carbocycles. The van der Waals surface area contributed by atoms with Gasteiger partial charge in [-0.2, -0.15) is 0 Å². The largest absolute Gasteiger partial charge is 0.462 e. The predicted molar refractivity (Wildman–Crippen MR) is 124 cm³/mol. The van der Waals surface area contributed by atoms with Gasteiger partial charge in [0.15, 0.2) is 5.69 Å². The van der Waals surface area contributed by atoms with Gasteiger partial charge in [0.2, 0.25) is 5.69 Å². The van der Waals surface area contributed by atoms with E-state index < -0.39 is 0 Å². The van der Waals surface area contributed by atoms with E-state index in [1.807, 2.05) is 0 Å². The molecular formula is C28H33N2O2+. The van der Waals surface area contributed by atoms with Crippen LogP contribution < -0.4 is 0 Å². The van der Waals surface area contributed by atoms with Crippen molar-refractivity contribution in [2.75, 3.05) is 0 Å². The predicted octanol–water partition coefficient (Wildman–Crippen LogP) is 6.54. The Labute approximate surface area is 190 Å². The number of hydrogen-bond donors (Lipinski definition) is 0. The van der Waals surface area contributed by atoms with Gasteiger partial charge >= 0.3 is 12.0 Å². The van der Waals surface area contributed by atoms with Crippen LogP contribution in [-0.4, -0.2) is 22.7 Å². The second kappa shape index (κ2) is 7.02. The van der Waals surface area contributed by atoms with Gasteiger partial charge in [0, 0.05) is 23.8 Å². The van der Waals surface area contributed by atoms with Crippen molar-refractivity contribution in [1.82, 2.24) is 0 Å². The van der Waals surface area contributed by atoms with Crippen molar-refractivity contribution in [3.8, 4) is 0 Å². The molecule has 0 amide bonds. The Morgan fingerprint density at radius 1 is 1.09 bits per heavy atom. The summed E-state index contributed by atoms with van der Waals surface area (Å²) in [5, 5.41) is 0. The fourth-order valence-electron chi connectivity index (χ4n) is 7.94. The first kappa shape index (κ1) is 20.2. The molecule has 4 nitrogen and oxygen atoms in total. The lowest BCUT2D eigenvalue weighted by Gasteiger charge is -2.57. The van der Waals surface area contributed by atoms with Crippen LogP contribution in [0.2, 0.25) is 0 Å². The van der Waals surface area contributed by atoms with E-state index in [2.05, 4.69) is 65.8 Å². The van der Waals surface area contributed by atoms with E-state index >= 15 is 0 Å². The van der Waals surface area contributed by atoms with Gasteiger partial charge in [-0.1, -0.05) is 37.6 Å². The van der Waals surface area contributed by atoms with Gasteiger partial charge in [-0.3, -0.25) is 4.79 Å². The van der Waals surface area contributed by atoms with Crippen LogP contribution in [0.5, 0.6) is 0 Å². The summed E-state index contributed by atoms with van der Waals surface area (Å²) >= 11 is 0. The first-order valence-electron chi connectivity index (χ1n) is 12.3. The first-order chi connectivity index (χ1) is 15.4. The van der Waals surface area contributed by atoms with E-state index in [4.69, 9.17) is 4.74 Å². The Balaban J connectivity index is 1.28. The third-order valence-electron chi connectivity index (χ3n) is 9.57. The maximum atomic E-state index is 11.5. The van der Waals surface area contributed by atoms with Crippen LogP contribution in [0, 0.1) is 28.6 Å². The number of aliphatic imine (C=N–C) groups is 1. The van der Waals surface area contributed by atoms with Crippen molar-refractivity contribution in [2.24, 2.45) is 33.6 Å². The molecule has 0 bridgehead atoms. The minimum Gasteiger partial charge on any atom is -0.462 e. The Hall–Kier alpha value is -2.45. The highest BCUT2D eigenvalue weighted by atomic mass is 16.5. The third-order valence-corrected chi connectivity index (χ3v) is 9.57. The molecule has 1 aromatic rings. The first-order valence-corrected chi connectivity index (χ1v) is 12.3. The molecule has 0 saturated heterocycles. The van der Waals surface area contributed by atoms with Gasteiger partial charge in [-0.05, 0) is 79.9 Å². The van der Waals surface area contributed by atoms with Gasteiger partial charge in [0.05, 0.1) is 0 Å². The summed E-state index contributed by atoms with van der Waals surface area (Å²) in [5.74, 6) is 1.98. The van der Waals surface area contributed by atoms with Crippen LogP contribution in [0.4, 0.5) is 11.4 Å². The number of carbonyl (C=O) groups is 1. The topological polar surface area (TPSA) is 41.7 Å². The summed E-state index contributed by atoms with van der Waals surface area (Å²) < 4.78 is 7.84. The van der Waals surface area contributed by atoms with Crippen LogP contribution >= 0.6 is 0 Å². The summed E-state index contributed by atoms with van der Waals surface area (Å²) in [6.45, 7) is 6.53. The Morgan fingerprint density at radius 3 is 2.75 bits per heavy atom. The lowest BCUT2D eigenvalue weighted by Crippen LogP contribution is -2.50. The average molecular weight is 430 g/mol. The molecule has 6 rings (SSSR count). The zero-order valence-electron chi connectivity index (χ0n) is 19.4. The number of fused-ring (bicyclic) bond motifs is 6. The van der Waals surface area contributed by atoms with Gasteiger partial charge in [0.25, 0.3) is 0 Å². The Kier molecular flexibility index (Phi) is 4.43. The molecule has 4 aliphatic carbocycles. The van der Waals surface area contributed by atoms with E-state index in [0.29, 0.717) is 5.92 Å². The Bertz CT molecular complexity index is 1120. The third kappa shape index (κ3) is 2.78. The molecule has 1 aliphatic heterocycles. The minimum absolute atomic E-state index is 0.0713. The van der Waals surface area contributed by atoms with Crippen LogP contribution in [0.15, 0.2) is 52.7 Å². The fourth-order valence-corrected chi connectivity index (χ4v) is 7.94. The lowest BCUT2D eigenvalue weighted by molar-refractivity contribution is -0.393. The molecule has 1 aromatic carbocycles. The number of carbonyl (C=O) groups excluding carboxylic acids is 1. The Morgan fingerprint density at radius 2 is 1.91 bits per heavy atom. The molecule has 1 heterocycles. The number of hydrogen-bond acceptors (Lipinski definition) is 3. The molecule has 4 heteroatoms. The van der Waals surface area contributed by atoms with E-state index in [9.17, 15) is 4.79 Å². The molecular weight excluding hydrogens is 396 g/mol. The lowest BCUT2D eigenvalue weighted by atomic mass is 9.47. The zero-order valence-corrected chi connectivity index (χ0v) is 19.4. The molecule has 6 atom stereocenters. The zero-order chi connectivity index (χ0) is 22.1. The van der Waals surface area contributed by atoms with Crippen molar-refractivity contribution in [2.45, 2.75) is 71.8 Å². The number of allylic oxidation sites excluding steroid dienone is 3. The molecule has 5 aliphatic rings. The van der Waals surface area contributed by atoms with E-state index in [-0.39, 0.29) is 22.9 Å². The van der Waals surface area contributed by atoms with E-state index in [1.54, 1.807) is 5.57 Å². The van der Waals surface area contributed by atoms with Crippen molar-refractivity contribution < 1.29 is 14.1 Å². The second-order valence-corrected chi connectivity index (χ2v) is 11.1. The van der Waals surface area contributed by atoms with Crippen LogP contribution in [-0.2, 0) is 9.53 Å². The summed E-state index contributed by atoms with van der Waals surface area (Å²) in [4.78, 5) is 16.1. The highest BCUT2D eigenvalue weighted by Gasteiger charge is 2.58. The number of ether oxygens (including phenoxy) is 1. The van der Waals surface area contributed by atoms with Gasteiger partial charge in [0.1, 0.15) is 11.8 Å². The van der Waals surface area contributed by atoms with Gasteiger partial charge < -0.3 is 4.74 Å². The van der Waals surface area contributed by atoms with Crippen LogP contribution in [0.1, 0.15) is 65.7 Å². The normalized spacial score (nSPS) is 39.2. The van der Waals surface area contributed by atoms with Gasteiger partial charge in [-0.15, -0.1) is 4.58 Å². The maximum Gasteiger partial charge on any atom is 0.324 e. The second-order valence-electron chi connectivity index (χ2n) is 11.1. The molecule has 0 N–H and O–H groups in total. The minimum atomic E-state index is -0.144. The number of rotatable bonds is 2. The highest BCUT2D eigenvalue weighted by molar-refractivity contribution is 5.68. The summed E-state index contributed by atoms with van der Waals surface area (Å²) in [5.41, 5.74) is 5.60. The average Bonchev–Trinajstić information content (AvgIpc) is 3.34. The maximum absolute atomic E-state index is 11.5. The molecule has 166 valence electrons. The summed E-state index contributed by atoms with van der Waals surface area (Å²) in [7, 11) is 0. The SMILES string of the molecule is CC(=O)OC1CCC2(C)C(=CCC3C2CCC2(C)C([N+]4=C=Nc5ccccc54)=CCC32)C1. The summed E-state index contributed by atoms with van der Waals surface area (Å²) in [6.07, 6.45) is 13.0. The number of benzene rings is 1. The molecule has 6 unspecified atom stereocenters. The fraction of sp³-hybridized carbons (Fsp3) is 0.571. The molecule has 32 heavy (non-hydrogen) atoms. The molecule has 0 aromatic heterocycles.